The van der Waals surface area contributed by atoms with Crippen molar-refractivity contribution in [1.29, 1.82) is 0 Å². The lowest BCUT2D eigenvalue weighted by molar-refractivity contribution is -0.128. The molecule has 0 aromatic rings. The summed E-state index contributed by atoms with van der Waals surface area (Å²) in [6.07, 6.45) is 11.6. The molecule has 3 N–H and O–H groups in total. The van der Waals surface area contributed by atoms with Gasteiger partial charge in [0.25, 0.3) is 0 Å². The molecule has 0 heterocycles. The second-order valence-corrected chi connectivity index (χ2v) is 6.27. The van der Waals surface area contributed by atoms with Crippen LogP contribution < -0.4 is 11.1 Å². The van der Waals surface area contributed by atoms with Gasteiger partial charge in [-0.25, -0.2) is 0 Å². The molecule has 21 heavy (non-hydrogen) atoms. The SMILES string of the molecule is CCCCCCCCCCCC(=O)N[C@H](C(N)=O)C(C)C. The molecule has 0 aliphatic rings. The Morgan fingerprint density at radius 3 is 1.81 bits per heavy atom. The van der Waals surface area contributed by atoms with Crippen LogP contribution in [-0.2, 0) is 9.59 Å². The summed E-state index contributed by atoms with van der Waals surface area (Å²) in [5, 5.41) is 2.73. The first-order valence-corrected chi connectivity index (χ1v) is 8.57. The Morgan fingerprint density at radius 2 is 1.38 bits per heavy atom. The number of carbonyl (C=O) groups is 2. The van der Waals surface area contributed by atoms with E-state index in [-0.39, 0.29) is 11.8 Å². The average molecular weight is 298 g/mol. The third kappa shape index (κ3) is 11.3. The van der Waals surface area contributed by atoms with Crippen LogP contribution in [0.2, 0.25) is 0 Å². The number of hydrogen-bond donors (Lipinski definition) is 2. The van der Waals surface area contributed by atoms with E-state index in [1.54, 1.807) is 0 Å². The molecule has 0 bridgehead atoms. The zero-order chi connectivity index (χ0) is 16.1. The molecule has 0 aliphatic carbocycles. The third-order valence-corrected chi connectivity index (χ3v) is 3.80. The van der Waals surface area contributed by atoms with E-state index in [2.05, 4.69) is 12.2 Å². The fourth-order valence-electron chi connectivity index (χ4n) is 2.41. The summed E-state index contributed by atoms with van der Waals surface area (Å²) in [6.45, 7) is 6.00. The van der Waals surface area contributed by atoms with E-state index in [4.69, 9.17) is 5.73 Å². The van der Waals surface area contributed by atoms with Gasteiger partial charge in [0.05, 0.1) is 0 Å². The molecule has 0 aromatic heterocycles. The molecule has 0 aromatic carbocycles. The molecule has 2 amide bonds. The monoisotopic (exact) mass is 298 g/mol. The van der Waals surface area contributed by atoms with Crippen molar-refractivity contribution < 1.29 is 9.59 Å². The first-order chi connectivity index (χ1) is 9.99. The van der Waals surface area contributed by atoms with Crippen LogP contribution in [0.1, 0.15) is 85.0 Å². The number of primary amides is 1. The fourth-order valence-corrected chi connectivity index (χ4v) is 2.41. The Bertz CT molecular complexity index is 291. The second kappa shape index (κ2) is 12.7. The van der Waals surface area contributed by atoms with Crippen molar-refractivity contribution in [2.75, 3.05) is 0 Å². The van der Waals surface area contributed by atoms with E-state index in [1.807, 2.05) is 13.8 Å². The Balaban J connectivity index is 3.55. The van der Waals surface area contributed by atoms with Crippen molar-refractivity contribution in [2.24, 2.45) is 11.7 Å². The Hall–Kier alpha value is -1.06. The molecule has 0 unspecified atom stereocenters. The number of nitrogens with one attached hydrogen (secondary N) is 1. The van der Waals surface area contributed by atoms with Crippen LogP contribution in [0.25, 0.3) is 0 Å². The van der Waals surface area contributed by atoms with E-state index in [1.165, 1.54) is 44.9 Å². The van der Waals surface area contributed by atoms with Crippen molar-refractivity contribution in [3.63, 3.8) is 0 Å². The van der Waals surface area contributed by atoms with Crippen LogP contribution in [0.4, 0.5) is 0 Å². The first-order valence-electron chi connectivity index (χ1n) is 8.57. The van der Waals surface area contributed by atoms with E-state index in [0.29, 0.717) is 6.42 Å². The van der Waals surface area contributed by atoms with Crippen molar-refractivity contribution >= 4 is 11.8 Å². The predicted octanol–water partition coefficient (Wildman–Crippen LogP) is 3.53. The van der Waals surface area contributed by atoms with Gasteiger partial charge in [-0.1, -0.05) is 72.1 Å². The van der Waals surface area contributed by atoms with Crippen molar-refractivity contribution in [3.8, 4) is 0 Å². The molecule has 0 saturated heterocycles. The van der Waals surface area contributed by atoms with Crippen LogP contribution in [0.15, 0.2) is 0 Å². The minimum Gasteiger partial charge on any atom is -0.368 e. The molecule has 0 fully saturated rings. The molecule has 0 rings (SSSR count). The number of nitrogens with two attached hydrogens (primary N) is 1. The van der Waals surface area contributed by atoms with Gasteiger partial charge in [0.1, 0.15) is 6.04 Å². The van der Waals surface area contributed by atoms with Gasteiger partial charge in [0.2, 0.25) is 11.8 Å². The second-order valence-electron chi connectivity index (χ2n) is 6.27. The Morgan fingerprint density at radius 1 is 0.905 bits per heavy atom. The van der Waals surface area contributed by atoms with Crippen molar-refractivity contribution in [1.82, 2.24) is 5.32 Å². The molecule has 0 radical (unpaired) electrons. The summed E-state index contributed by atoms with van der Waals surface area (Å²) in [5.41, 5.74) is 5.28. The molecule has 4 nitrogen and oxygen atoms in total. The van der Waals surface area contributed by atoms with Crippen LogP contribution in [0.3, 0.4) is 0 Å². The van der Waals surface area contributed by atoms with Gasteiger partial charge in [-0.05, 0) is 12.3 Å². The highest BCUT2D eigenvalue weighted by Crippen LogP contribution is 2.10. The third-order valence-electron chi connectivity index (χ3n) is 3.80. The number of carbonyl (C=O) groups excluding carboxylic acids is 2. The van der Waals surface area contributed by atoms with E-state index >= 15 is 0 Å². The van der Waals surface area contributed by atoms with E-state index < -0.39 is 11.9 Å². The quantitative estimate of drug-likeness (QED) is 0.510. The Kier molecular flexibility index (Phi) is 12.0. The lowest BCUT2D eigenvalue weighted by Gasteiger charge is -2.18. The first kappa shape index (κ1) is 19.9. The fraction of sp³-hybridized carbons (Fsp3) is 0.882. The van der Waals surface area contributed by atoms with Crippen LogP contribution in [-0.4, -0.2) is 17.9 Å². The molecular formula is C17H34N2O2. The number of rotatable bonds is 13. The van der Waals surface area contributed by atoms with Crippen molar-refractivity contribution in [2.45, 2.75) is 91.0 Å². The predicted molar refractivity (Wildman–Crippen MR) is 87.8 cm³/mol. The minimum atomic E-state index is -0.545. The van der Waals surface area contributed by atoms with Crippen LogP contribution >= 0.6 is 0 Å². The van der Waals surface area contributed by atoms with Crippen LogP contribution in [0.5, 0.6) is 0 Å². The summed E-state index contributed by atoms with van der Waals surface area (Å²) >= 11 is 0. The van der Waals surface area contributed by atoms with Gasteiger partial charge < -0.3 is 11.1 Å². The molecule has 0 aliphatic heterocycles. The number of hydrogen-bond acceptors (Lipinski definition) is 2. The van der Waals surface area contributed by atoms with Gasteiger partial charge in [-0.3, -0.25) is 9.59 Å². The van der Waals surface area contributed by atoms with Gasteiger partial charge in [-0.15, -0.1) is 0 Å². The lowest BCUT2D eigenvalue weighted by Crippen LogP contribution is -2.47. The number of unbranched alkanes of at least 4 members (excludes halogenated alkanes) is 8. The molecular weight excluding hydrogens is 264 g/mol. The molecule has 0 spiro atoms. The highest BCUT2D eigenvalue weighted by Gasteiger charge is 2.20. The average Bonchev–Trinajstić information content (AvgIpc) is 2.42. The lowest BCUT2D eigenvalue weighted by atomic mass is 10.0. The van der Waals surface area contributed by atoms with Crippen LogP contribution in [0, 0.1) is 5.92 Å². The maximum absolute atomic E-state index is 11.8. The molecule has 4 heteroatoms. The van der Waals surface area contributed by atoms with Gasteiger partial charge >= 0.3 is 0 Å². The van der Waals surface area contributed by atoms with E-state index in [9.17, 15) is 9.59 Å². The zero-order valence-electron chi connectivity index (χ0n) is 14.1. The number of amides is 2. The molecule has 1 atom stereocenters. The van der Waals surface area contributed by atoms with Gasteiger partial charge in [0, 0.05) is 6.42 Å². The smallest absolute Gasteiger partial charge is 0.240 e. The highest BCUT2D eigenvalue weighted by molar-refractivity contribution is 5.86. The summed E-state index contributed by atoms with van der Waals surface area (Å²) in [4.78, 5) is 23.0. The van der Waals surface area contributed by atoms with Gasteiger partial charge in [0.15, 0.2) is 0 Å². The molecule has 0 saturated carbocycles. The van der Waals surface area contributed by atoms with E-state index in [0.717, 1.165) is 12.8 Å². The molecule has 124 valence electrons. The highest BCUT2D eigenvalue weighted by atomic mass is 16.2. The van der Waals surface area contributed by atoms with Crippen molar-refractivity contribution in [3.05, 3.63) is 0 Å². The Labute approximate surface area is 130 Å². The normalized spacial score (nSPS) is 12.4. The summed E-state index contributed by atoms with van der Waals surface area (Å²) in [5.74, 6) is -0.476. The topological polar surface area (TPSA) is 72.2 Å². The minimum absolute atomic E-state index is 0.0366. The summed E-state index contributed by atoms with van der Waals surface area (Å²) < 4.78 is 0. The standard InChI is InChI=1S/C17H34N2O2/c1-4-5-6-7-8-9-10-11-12-13-15(20)19-16(14(2)3)17(18)21/h14,16H,4-13H2,1-3H3,(H2,18,21)(H,19,20)/t16-/m0/s1. The summed E-state index contributed by atoms with van der Waals surface area (Å²) in [7, 11) is 0. The largest absolute Gasteiger partial charge is 0.368 e. The van der Waals surface area contributed by atoms with Gasteiger partial charge in [-0.2, -0.15) is 0 Å². The zero-order valence-corrected chi connectivity index (χ0v) is 14.1. The summed E-state index contributed by atoms with van der Waals surface area (Å²) in [6, 6.07) is -0.545. The maximum Gasteiger partial charge on any atom is 0.240 e. The maximum atomic E-state index is 11.8.